The summed E-state index contributed by atoms with van der Waals surface area (Å²) in [6.07, 6.45) is 0. The van der Waals surface area contributed by atoms with E-state index in [9.17, 15) is 5.26 Å². The van der Waals surface area contributed by atoms with E-state index in [2.05, 4.69) is 39.3 Å². The van der Waals surface area contributed by atoms with Crippen molar-refractivity contribution in [1.82, 2.24) is 18.9 Å². The molecule has 6 aromatic rings. The van der Waals surface area contributed by atoms with Crippen molar-refractivity contribution in [2.24, 2.45) is 0 Å². The monoisotopic (exact) mass is 373 g/mol. The predicted molar refractivity (Wildman–Crippen MR) is 114 cm³/mol. The Morgan fingerprint density at radius 2 is 1.41 bits per heavy atom. The molecule has 0 amide bonds. The summed E-state index contributed by atoms with van der Waals surface area (Å²) in [5, 5.41) is 10.1. The number of fused-ring (bicyclic) bond motifs is 6. The van der Waals surface area contributed by atoms with Gasteiger partial charge < -0.3 is 4.57 Å². The van der Waals surface area contributed by atoms with E-state index < -0.39 is 0 Å². The topological polar surface area (TPSA) is 58.9 Å². The summed E-state index contributed by atoms with van der Waals surface area (Å²) in [5.41, 5.74) is 7.65. The van der Waals surface area contributed by atoms with Crippen molar-refractivity contribution in [3.63, 3.8) is 0 Å². The van der Waals surface area contributed by atoms with E-state index in [-0.39, 0.29) is 0 Å². The van der Waals surface area contributed by atoms with Gasteiger partial charge in [0.25, 0.3) is 0 Å². The van der Waals surface area contributed by atoms with Crippen molar-refractivity contribution >= 4 is 38.9 Å². The number of nitriles is 1. The summed E-state index contributed by atoms with van der Waals surface area (Å²) in [6, 6.07) is 28.7. The number of aromatic nitrogens is 4. The Morgan fingerprint density at radius 3 is 2.17 bits per heavy atom. The van der Waals surface area contributed by atoms with Gasteiger partial charge >= 0.3 is 0 Å². The van der Waals surface area contributed by atoms with Gasteiger partial charge in [-0.15, -0.1) is 0 Å². The molecule has 0 bridgehead atoms. The van der Waals surface area contributed by atoms with Crippen LogP contribution in [0.25, 0.3) is 38.9 Å². The quantitative estimate of drug-likeness (QED) is 0.433. The second-order valence-corrected chi connectivity index (χ2v) is 7.09. The van der Waals surface area contributed by atoms with Gasteiger partial charge in [0.05, 0.1) is 22.1 Å². The number of benzene rings is 3. The number of rotatable bonds is 2. The van der Waals surface area contributed by atoms with Crippen LogP contribution in [0.2, 0.25) is 0 Å². The Hall–Kier alpha value is -4.17. The summed E-state index contributed by atoms with van der Waals surface area (Å²) in [6.45, 7) is 0.669. The van der Waals surface area contributed by atoms with Gasteiger partial charge in [0.1, 0.15) is 22.8 Å². The van der Waals surface area contributed by atoms with Gasteiger partial charge in [-0.2, -0.15) is 5.26 Å². The lowest BCUT2D eigenvalue weighted by Gasteiger charge is -2.06. The van der Waals surface area contributed by atoms with Gasteiger partial charge in [-0.05, 0) is 29.8 Å². The largest absolute Gasteiger partial charge is 0.320 e. The highest BCUT2D eigenvalue weighted by atomic mass is 15.2. The fourth-order valence-corrected chi connectivity index (χ4v) is 4.14. The zero-order valence-corrected chi connectivity index (χ0v) is 15.4. The lowest BCUT2D eigenvalue weighted by molar-refractivity contribution is 0.858. The highest BCUT2D eigenvalue weighted by Gasteiger charge is 2.22. The van der Waals surface area contributed by atoms with Gasteiger partial charge in [-0.3, -0.25) is 4.40 Å². The minimum atomic E-state index is 0.561. The Labute approximate surface area is 166 Å². The zero-order valence-electron chi connectivity index (χ0n) is 15.4. The molecule has 0 fully saturated rings. The third-order valence-electron chi connectivity index (χ3n) is 5.40. The first-order chi connectivity index (χ1) is 14.3. The molecule has 29 heavy (non-hydrogen) atoms. The number of nitrogens with zero attached hydrogens (tertiary/aromatic N) is 5. The lowest BCUT2D eigenvalue weighted by atomic mass is 10.2. The minimum Gasteiger partial charge on any atom is -0.320 e. The molecule has 6 rings (SSSR count). The molecule has 136 valence electrons. The summed E-state index contributed by atoms with van der Waals surface area (Å²) in [7, 11) is 0. The molecule has 0 aliphatic rings. The van der Waals surface area contributed by atoms with Crippen molar-refractivity contribution in [3.05, 3.63) is 90.0 Å². The average molecular weight is 373 g/mol. The Balaban J connectivity index is 1.81. The van der Waals surface area contributed by atoms with E-state index in [0.29, 0.717) is 17.6 Å². The second kappa shape index (κ2) is 5.91. The van der Waals surface area contributed by atoms with Crippen LogP contribution in [0.5, 0.6) is 0 Å². The van der Waals surface area contributed by atoms with Crippen LogP contribution in [0.3, 0.4) is 0 Å². The van der Waals surface area contributed by atoms with E-state index in [1.807, 2.05) is 54.6 Å². The molecule has 5 nitrogen and oxygen atoms in total. The summed E-state index contributed by atoms with van der Waals surface area (Å²) in [4.78, 5) is 9.67. The van der Waals surface area contributed by atoms with Crippen LogP contribution in [0.15, 0.2) is 78.9 Å². The van der Waals surface area contributed by atoms with Gasteiger partial charge in [0, 0.05) is 6.54 Å². The summed E-state index contributed by atoms with van der Waals surface area (Å²) in [5.74, 6) is 0. The van der Waals surface area contributed by atoms with Crippen LogP contribution in [0.4, 0.5) is 0 Å². The fourth-order valence-electron chi connectivity index (χ4n) is 4.14. The van der Waals surface area contributed by atoms with Gasteiger partial charge in [-0.1, -0.05) is 54.6 Å². The smallest absolute Gasteiger partial charge is 0.167 e. The van der Waals surface area contributed by atoms with Crippen molar-refractivity contribution < 1.29 is 0 Å². The summed E-state index contributed by atoms with van der Waals surface area (Å²) >= 11 is 0. The van der Waals surface area contributed by atoms with Crippen molar-refractivity contribution in [3.8, 4) is 6.07 Å². The van der Waals surface area contributed by atoms with Gasteiger partial charge in [-0.25, -0.2) is 9.97 Å². The van der Waals surface area contributed by atoms with Crippen molar-refractivity contribution in [2.45, 2.75) is 6.54 Å². The Bertz CT molecular complexity index is 1580. The van der Waals surface area contributed by atoms with Crippen LogP contribution in [-0.4, -0.2) is 18.9 Å². The van der Waals surface area contributed by atoms with E-state index in [1.54, 1.807) is 0 Å². The number of imidazole rings is 1. The highest BCUT2D eigenvalue weighted by Crippen LogP contribution is 2.32. The molecular formula is C24H15N5. The van der Waals surface area contributed by atoms with Gasteiger partial charge in [0.15, 0.2) is 5.65 Å². The maximum atomic E-state index is 10.1. The van der Waals surface area contributed by atoms with Crippen molar-refractivity contribution in [2.75, 3.05) is 0 Å². The third kappa shape index (κ3) is 2.20. The maximum absolute atomic E-state index is 10.1. The van der Waals surface area contributed by atoms with Crippen LogP contribution in [0.1, 0.15) is 11.1 Å². The molecule has 0 radical (unpaired) electrons. The number of hydrogen-bond acceptors (Lipinski definition) is 3. The van der Waals surface area contributed by atoms with E-state index in [0.717, 1.165) is 33.4 Å². The van der Waals surface area contributed by atoms with Crippen LogP contribution in [0, 0.1) is 11.3 Å². The molecule has 0 saturated heterocycles. The van der Waals surface area contributed by atoms with Crippen molar-refractivity contribution in [1.29, 1.82) is 5.26 Å². The third-order valence-corrected chi connectivity index (χ3v) is 5.40. The first-order valence-corrected chi connectivity index (χ1v) is 9.47. The lowest BCUT2D eigenvalue weighted by Crippen LogP contribution is -2.00. The molecule has 0 spiro atoms. The minimum absolute atomic E-state index is 0.561. The standard InChI is InChI=1S/C24H15N5/c25-14-17-22-23(27-19-11-5-4-10-18(19)26-22)29-21-13-7-6-12-20(21)28(24(17)29)15-16-8-2-1-3-9-16/h1-13H,15H2. The molecular weight excluding hydrogens is 358 g/mol. The molecule has 0 unspecified atom stereocenters. The van der Waals surface area contributed by atoms with E-state index in [1.165, 1.54) is 5.56 Å². The van der Waals surface area contributed by atoms with E-state index >= 15 is 0 Å². The Kier molecular flexibility index (Phi) is 3.23. The fraction of sp³-hybridized carbons (Fsp3) is 0.0417. The SMILES string of the molecule is N#Cc1c2nc3ccccc3nc2n2c3ccccc3n(Cc3ccccc3)c12. The van der Waals surface area contributed by atoms with E-state index in [4.69, 9.17) is 9.97 Å². The highest BCUT2D eigenvalue weighted by molar-refractivity contribution is 5.99. The molecule has 0 aliphatic carbocycles. The molecule has 0 saturated carbocycles. The average Bonchev–Trinajstić information content (AvgIpc) is 3.25. The first kappa shape index (κ1) is 15.8. The molecule has 3 heterocycles. The second-order valence-electron chi connectivity index (χ2n) is 7.09. The summed E-state index contributed by atoms with van der Waals surface area (Å²) < 4.78 is 4.27. The number of hydrogen-bond donors (Lipinski definition) is 0. The molecule has 0 aliphatic heterocycles. The van der Waals surface area contributed by atoms with Crippen LogP contribution >= 0.6 is 0 Å². The normalized spacial score (nSPS) is 11.6. The maximum Gasteiger partial charge on any atom is 0.167 e. The van der Waals surface area contributed by atoms with Crippen LogP contribution < -0.4 is 0 Å². The molecule has 3 aromatic heterocycles. The molecule has 0 atom stereocenters. The Morgan fingerprint density at radius 1 is 0.759 bits per heavy atom. The zero-order chi connectivity index (χ0) is 19.4. The first-order valence-electron chi connectivity index (χ1n) is 9.47. The van der Waals surface area contributed by atoms with Crippen LogP contribution in [-0.2, 0) is 6.54 Å². The number of para-hydroxylation sites is 4. The molecule has 5 heteroatoms. The predicted octanol–water partition coefficient (Wildman–Crippen LogP) is 4.91. The van der Waals surface area contributed by atoms with Gasteiger partial charge in [0.2, 0.25) is 0 Å². The molecule has 0 N–H and O–H groups in total. The molecule has 3 aromatic carbocycles.